The number of aryl methyl sites for hydroxylation is 1. The normalized spacial score (nSPS) is 10.7. The van der Waals surface area contributed by atoms with Gasteiger partial charge in [-0.3, -0.25) is 4.84 Å². The molecule has 28 heavy (non-hydrogen) atoms. The molecule has 0 saturated carbocycles. The van der Waals surface area contributed by atoms with Crippen LogP contribution in [0, 0.1) is 13.8 Å². The molecule has 0 aliphatic heterocycles. The van der Waals surface area contributed by atoms with Gasteiger partial charge in [0.05, 0.1) is 19.9 Å². The van der Waals surface area contributed by atoms with Crippen molar-refractivity contribution in [3.8, 4) is 5.75 Å². The van der Waals surface area contributed by atoms with Crippen molar-refractivity contribution in [1.82, 2.24) is 0 Å². The van der Waals surface area contributed by atoms with E-state index in [9.17, 15) is 9.59 Å². The summed E-state index contributed by atoms with van der Waals surface area (Å²) in [5, 5.41) is 1.91. The molecule has 0 bridgehead atoms. The van der Waals surface area contributed by atoms with Crippen molar-refractivity contribution in [3.05, 3.63) is 69.6 Å². The molecule has 0 N–H and O–H groups in total. The molecule has 7 heteroatoms. The Morgan fingerprint density at radius 1 is 1.07 bits per heavy atom. The van der Waals surface area contributed by atoms with Crippen molar-refractivity contribution in [2.75, 3.05) is 19.3 Å². The Hall–Kier alpha value is -3.32. The largest absolute Gasteiger partial charge is 0.489 e. The smallest absolute Gasteiger partial charge is 0.438 e. The zero-order valence-corrected chi connectivity index (χ0v) is 16.1. The maximum atomic E-state index is 11.9. The first-order valence-corrected chi connectivity index (χ1v) is 8.63. The van der Waals surface area contributed by atoms with E-state index in [1.807, 2.05) is 31.2 Å². The monoisotopic (exact) mass is 383 g/mol. The Bertz CT molecular complexity index is 1070. The van der Waals surface area contributed by atoms with Crippen LogP contribution in [-0.2, 0) is 16.2 Å². The van der Waals surface area contributed by atoms with Crippen molar-refractivity contribution < 1.29 is 23.5 Å². The minimum absolute atomic E-state index is 0.174. The molecule has 2 aromatic carbocycles. The molecule has 0 aliphatic rings. The molecule has 146 valence electrons. The second kappa shape index (κ2) is 8.14. The summed E-state index contributed by atoms with van der Waals surface area (Å²) in [6.45, 7) is 3.80. The van der Waals surface area contributed by atoms with Gasteiger partial charge in [0, 0.05) is 22.6 Å². The first kappa shape index (κ1) is 19.4. The van der Waals surface area contributed by atoms with Gasteiger partial charge in [0.1, 0.15) is 17.9 Å². The fourth-order valence-electron chi connectivity index (χ4n) is 2.86. The predicted molar refractivity (Wildman–Crippen MR) is 105 cm³/mol. The number of amides is 1. The SMILES string of the molecule is COC(=O)N(OC)c1ccccc1COc1ccc2c(C)c(C)c(=O)oc2c1. The lowest BCUT2D eigenvalue weighted by molar-refractivity contribution is 0.115. The Balaban J connectivity index is 1.88. The van der Waals surface area contributed by atoms with Gasteiger partial charge in [0.2, 0.25) is 0 Å². The van der Waals surface area contributed by atoms with Gasteiger partial charge >= 0.3 is 11.7 Å². The van der Waals surface area contributed by atoms with Crippen LogP contribution in [0.4, 0.5) is 10.5 Å². The van der Waals surface area contributed by atoms with Crippen LogP contribution >= 0.6 is 0 Å². The molecule has 3 aromatic rings. The van der Waals surface area contributed by atoms with Crippen LogP contribution in [0.3, 0.4) is 0 Å². The number of ether oxygens (including phenoxy) is 2. The molecule has 1 aromatic heterocycles. The van der Waals surface area contributed by atoms with E-state index >= 15 is 0 Å². The summed E-state index contributed by atoms with van der Waals surface area (Å²) in [6, 6.07) is 12.5. The quantitative estimate of drug-likeness (QED) is 0.487. The summed E-state index contributed by atoms with van der Waals surface area (Å²) in [4.78, 5) is 29.0. The zero-order chi connectivity index (χ0) is 20.3. The van der Waals surface area contributed by atoms with Gasteiger partial charge in [-0.05, 0) is 37.6 Å². The highest BCUT2D eigenvalue weighted by Gasteiger charge is 2.19. The van der Waals surface area contributed by atoms with Crippen LogP contribution in [0.5, 0.6) is 5.75 Å². The molecule has 0 fully saturated rings. The van der Waals surface area contributed by atoms with E-state index in [1.54, 1.807) is 25.1 Å². The van der Waals surface area contributed by atoms with Crippen LogP contribution in [-0.4, -0.2) is 20.3 Å². The Kier molecular flexibility index (Phi) is 5.65. The lowest BCUT2D eigenvalue weighted by atomic mass is 10.1. The third kappa shape index (κ3) is 3.70. The number of rotatable bonds is 5. The predicted octanol–water partition coefficient (Wildman–Crippen LogP) is 4.12. The number of hydroxylamine groups is 1. The summed E-state index contributed by atoms with van der Waals surface area (Å²) in [7, 11) is 2.66. The highest BCUT2D eigenvalue weighted by atomic mass is 16.7. The first-order chi connectivity index (χ1) is 13.5. The van der Waals surface area contributed by atoms with E-state index in [-0.39, 0.29) is 12.2 Å². The number of carbonyl (C=O) groups excluding carboxylic acids is 1. The van der Waals surface area contributed by atoms with Crippen molar-refractivity contribution >= 4 is 22.7 Å². The molecule has 1 amide bonds. The average Bonchev–Trinajstić information content (AvgIpc) is 2.71. The lowest BCUT2D eigenvalue weighted by Crippen LogP contribution is -2.30. The van der Waals surface area contributed by atoms with Gasteiger partial charge in [-0.15, -0.1) is 0 Å². The van der Waals surface area contributed by atoms with Crippen LogP contribution in [0.2, 0.25) is 0 Å². The molecule has 1 heterocycles. The van der Waals surface area contributed by atoms with Gasteiger partial charge in [0.15, 0.2) is 0 Å². The minimum atomic E-state index is -0.645. The summed E-state index contributed by atoms with van der Waals surface area (Å²) < 4.78 is 16.0. The van der Waals surface area contributed by atoms with Gasteiger partial charge < -0.3 is 13.9 Å². The van der Waals surface area contributed by atoms with Crippen LogP contribution in [0.25, 0.3) is 11.0 Å². The van der Waals surface area contributed by atoms with E-state index in [0.717, 1.165) is 21.6 Å². The summed E-state index contributed by atoms with van der Waals surface area (Å²) >= 11 is 0. The van der Waals surface area contributed by atoms with Gasteiger partial charge in [-0.1, -0.05) is 18.2 Å². The minimum Gasteiger partial charge on any atom is -0.489 e. The van der Waals surface area contributed by atoms with Crippen molar-refractivity contribution in [3.63, 3.8) is 0 Å². The third-order valence-electron chi connectivity index (χ3n) is 4.56. The van der Waals surface area contributed by atoms with Crippen molar-refractivity contribution in [1.29, 1.82) is 0 Å². The Morgan fingerprint density at radius 2 is 1.82 bits per heavy atom. The molecule has 0 saturated heterocycles. The standard InChI is InChI=1S/C21H21NO6/c1-13-14(2)20(23)28-19-11-16(9-10-17(13)19)27-12-15-7-5-6-8-18(15)22(26-4)21(24)25-3/h5-11H,12H2,1-4H3. The van der Waals surface area contributed by atoms with Gasteiger partial charge in [-0.2, -0.15) is 5.06 Å². The lowest BCUT2D eigenvalue weighted by Gasteiger charge is -2.21. The number of methoxy groups -OCH3 is 1. The Labute approximate surface area is 162 Å². The summed E-state index contributed by atoms with van der Waals surface area (Å²) in [6.07, 6.45) is -0.645. The summed E-state index contributed by atoms with van der Waals surface area (Å²) in [5.74, 6) is 0.538. The van der Waals surface area contributed by atoms with Crippen LogP contribution in [0.1, 0.15) is 16.7 Å². The van der Waals surface area contributed by atoms with E-state index in [4.69, 9.17) is 18.7 Å². The molecule has 0 atom stereocenters. The van der Waals surface area contributed by atoms with Gasteiger partial charge in [-0.25, -0.2) is 9.59 Å². The molecule has 0 radical (unpaired) electrons. The summed E-state index contributed by atoms with van der Waals surface area (Å²) in [5.41, 5.74) is 2.81. The molecule has 3 rings (SSSR count). The van der Waals surface area contributed by atoms with E-state index in [2.05, 4.69) is 0 Å². The number of benzene rings is 2. The highest BCUT2D eigenvalue weighted by molar-refractivity contribution is 5.86. The van der Waals surface area contributed by atoms with Crippen molar-refractivity contribution in [2.45, 2.75) is 20.5 Å². The molecule has 7 nitrogen and oxygen atoms in total. The number of hydrogen-bond donors (Lipinski definition) is 0. The van der Waals surface area contributed by atoms with Crippen LogP contribution < -0.4 is 15.4 Å². The average molecular weight is 383 g/mol. The van der Waals surface area contributed by atoms with E-state index in [1.165, 1.54) is 14.2 Å². The maximum Gasteiger partial charge on any atom is 0.438 e. The maximum absolute atomic E-state index is 11.9. The number of anilines is 1. The molecule has 0 spiro atoms. The molecule has 0 aliphatic carbocycles. The fourth-order valence-corrected chi connectivity index (χ4v) is 2.86. The zero-order valence-electron chi connectivity index (χ0n) is 16.1. The van der Waals surface area contributed by atoms with E-state index < -0.39 is 6.09 Å². The van der Waals surface area contributed by atoms with Gasteiger partial charge in [0.25, 0.3) is 0 Å². The molecular formula is C21H21NO6. The number of nitrogens with zero attached hydrogens (tertiary/aromatic N) is 1. The number of carbonyl (C=O) groups is 1. The molecular weight excluding hydrogens is 362 g/mol. The van der Waals surface area contributed by atoms with Crippen molar-refractivity contribution in [2.24, 2.45) is 0 Å². The number of fused-ring (bicyclic) bond motifs is 1. The number of para-hydroxylation sites is 1. The number of hydrogen-bond acceptors (Lipinski definition) is 6. The second-order valence-electron chi connectivity index (χ2n) is 6.16. The topological polar surface area (TPSA) is 78.2 Å². The third-order valence-corrected chi connectivity index (χ3v) is 4.56. The Morgan fingerprint density at radius 3 is 2.54 bits per heavy atom. The second-order valence-corrected chi connectivity index (χ2v) is 6.16. The fraction of sp³-hybridized carbons (Fsp3) is 0.238. The van der Waals surface area contributed by atoms with Crippen LogP contribution in [0.15, 0.2) is 51.7 Å². The highest BCUT2D eigenvalue weighted by Crippen LogP contribution is 2.26. The first-order valence-electron chi connectivity index (χ1n) is 8.63. The van der Waals surface area contributed by atoms with E-state index in [0.29, 0.717) is 22.6 Å². The molecule has 0 unspecified atom stereocenters.